The molecule has 0 unspecified atom stereocenters. The molecule has 2 aromatic rings. The van der Waals surface area contributed by atoms with E-state index in [9.17, 15) is 4.79 Å². The van der Waals surface area contributed by atoms with Crippen LogP contribution in [0.2, 0.25) is 0 Å². The number of hydrogen-bond donors (Lipinski definition) is 1. The van der Waals surface area contributed by atoms with Crippen LogP contribution in [0.1, 0.15) is 18.7 Å². The Hall–Kier alpha value is -1.73. The maximum Gasteiger partial charge on any atom is 0.248 e. The molecule has 6 nitrogen and oxygen atoms in total. The zero-order valence-corrected chi connectivity index (χ0v) is 13.6. The van der Waals surface area contributed by atoms with Crippen molar-refractivity contribution in [3.05, 3.63) is 34.6 Å². The molecule has 0 aliphatic carbocycles. The molecular weight excluding hydrogens is 348 g/mol. The molecule has 22 heavy (non-hydrogen) atoms. The summed E-state index contributed by atoms with van der Waals surface area (Å²) in [5, 5.41) is 8.20. The van der Waals surface area contributed by atoms with Gasteiger partial charge in [-0.05, 0) is 47.4 Å². The van der Waals surface area contributed by atoms with E-state index in [-0.39, 0.29) is 11.8 Å². The number of amides is 1. The lowest BCUT2D eigenvalue weighted by Gasteiger charge is -2.29. The van der Waals surface area contributed by atoms with Crippen LogP contribution in [-0.4, -0.2) is 34.1 Å². The van der Waals surface area contributed by atoms with Crippen molar-refractivity contribution in [3.8, 4) is 11.5 Å². The Balaban J connectivity index is 1.70. The molecule has 1 aliphatic rings. The average molecular weight is 365 g/mol. The van der Waals surface area contributed by atoms with Gasteiger partial charge in [0, 0.05) is 11.0 Å². The number of likely N-dealkylation sites (tertiary alicyclic amines) is 1. The van der Waals surface area contributed by atoms with Crippen LogP contribution in [0.3, 0.4) is 0 Å². The van der Waals surface area contributed by atoms with Gasteiger partial charge in [-0.15, -0.1) is 10.2 Å². The Labute approximate surface area is 136 Å². The largest absolute Gasteiger partial charge is 0.419 e. The summed E-state index contributed by atoms with van der Waals surface area (Å²) in [5.41, 5.74) is 6.27. The number of hydrogen-bond acceptors (Lipinski definition) is 5. The minimum absolute atomic E-state index is 0.0839. The molecule has 0 saturated carbocycles. The van der Waals surface area contributed by atoms with Gasteiger partial charge in [-0.1, -0.05) is 12.1 Å². The van der Waals surface area contributed by atoms with Crippen LogP contribution >= 0.6 is 15.9 Å². The summed E-state index contributed by atoms with van der Waals surface area (Å²) >= 11 is 3.47. The van der Waals surface area contributed by atoms with Gasteiger partial charge in [-0.2, -0.15) is 0 Å². The average Bonchev–Trinajstić information content (AvgIpc) is 2.96. The van der Waals surface area contributed by atoms with Crippen LogP contribution in [0, 0.1) is 5.92 Å². The number of rotatable bonds is 4. The fourth-order valence-electron chi connectivity index (χ4n) is 2.68. The van der Waals surface area contributed by atoms with Crippen molar-refractivity contribution in [2.45, 2.75) is 19.4 Å². The Morgan fingerprint density at radius 2 is 2.23 bits per heavy atom. The van der Waals surface area contributed by atoms with E-state index in [0.29, 0.717) is 24.9 Å². The van der Waals surface area contributed by atoms with Crippen LogP contribution in [-0.2, 0) is 11.3 Å². The molecule has 1 amide bonds. The monoisotopic (exact) mass is 364 g/mol. The van der Waals surface area contributed by atoms with Gasteiger partial charge >= 0.3 is 0 Å². The Morgan fingerprint density at radius 1 is 1.41 bits per heavy atom. The van der Waals surface area contributed by atoms with E-state index in [1.54, 1.807) is 0 Å². The van der Waals surface area contributed by atoms with Crippen LogP contribution in [0.5, 0.6) is 0 Å². The second-order valence-electron chi connectivity index (χ2n) is 5.46. The van der Waals surface area contributed by atoms with Gasteiger partial charge < -0.3 is 10.2 Å². The topological polar surface area (TPSA) is 85.3 Å². The standard InChI is InChI=1S/C15H17BrN4O2/c16-12-6-2-1-5-11(12)15-19-18-13(22-15)9-20-7-3-4-10(8-20)14(17)21/h1-2,5-6,10H,3-4,7-9H2,(H2,17,21)/t10-/m0/s1. The summed E-state index contributed by atoms with van der Waals surface area (Å²) in [7, 11) is 0. The lowest BCUT2D eigenvalue weighted by Crippen LogP contribution is -2.40. The minimum Gasteiger partial charge on any atom is -0.419 e. The second-order valence-corrected chi connectivity index (χ2v) is 6.31. The van der Waals surface area contributed by atoms with Gasteiger partial charge in [0.15, 0.2) is 0 Å². The molecule has 1 aromatic heterocycles. The summed E-state index contributed by atoms with van der Waals surface area (Å²) in [6.07, 6.45) is 1.82. The molecule has 1 fully saturated rings. The first kappa shape index (κ1) is 15.2. The molecule has 0 spiro atoms. The number of aromatic nitrogens is 2. The molecule has 1 aliphatic heterocycles. The van der Waals surface area contributed by atoms with Crippen LogP contribution in [0.25, 0.3) is 11.5 Å². The number of nitrogens with zero attached hydrogens (tertiary/aromatic N) is 3. The number of primary amides is 1. The van der Waals surface area contributed by atoms with E-state index in [1.165, 1.54) is 0 Å². The number of benzene rings is 1. The molecule has 1 aromatic carbocycles. The normalized spacial score (nSPS) is 19.2. The first-order chi connectivity index (χ1) is 10.6. The molecule has 0 radical (unpaired) electrons. The lowest BCUT2D eigenvalue weighted by molar-refractivity contribution is -0.123. The molecule has 116 valence electrons. The van der Waals surface area contributed by atoms with Crippen molar-refractivity contribution >= 4 is 21.8 Å². The van der Waals surface area contributed by atoms with Gasteiger partial charge in [0.05, 0.1) is 18.0 Å². The van der Waals surface area contributed by atoms with Gasteiger partial charge in [-0.25, -0.2) is 0 Å². The van der Waals surface area contributed by atoms with Crippen LogP contribution < -0.4 is 5.73 Å². The lowest BCUT2D eigenvalue weighted by atomic mass is 9.97. The molecule has 2 heterocycles. The maximum atomic E-state index is 11.3. The zero-order valence-electron chi connectivity index (χ0n) is 12.0. The molecule has 3 rings (SSSR count). The fraction of sp³-hybridized carbons (Fsp3) is 0.400. The smallest absolute Gasteiger partial charge is 0.248 e. The third kappa shape index (κ3) is 3.36. The van der Waals surface area contributed by atoms with Gasteiger partial charge in [-0.3, -0.25) is 9.69 Å². The third-order valence-corrected chi connectivity index (χ3v) is 4.53. The van der Waals surface area contributed by atoms with Gasteiger partial charge in [0.2, 0.25) is 17.7 Å². The van der Waals surface area contributed by atoms with Crippen molar-refractivity contribution in [3.63, 3.8) is 0 Å². The van der Waals surface area contributed by atoms with Gasteiger partial charge in [0.25, 0.3) is 0 Å². The van der Waals surface area contributed by atoms with Crippen LogP contribution in [0.15, 0.2) is 33.2 Å². The molecule has 1 atom stereocenters. The number of carbonyl (C=O) groups excluding carboxylic acids is 1. The van der Waals surface area contributed by atoms with Gasteiger partial charge in [0.1, 0.15) is 0 Å². The number of nitrogens with two attached hydrogens (primary N) is 1. The summed E-state index contributed by atoms with van der Waals surface area (Å²) in [5.74, 6) is 0.727. The van der Waals surface area contributed by atoms with E-state index in [1.807, 2.05) is 24.3 Å². The highest BCUT2D eigenvalue weighted by Crippen LogP contribution is 2.27. The highest BCUT2D eigenvalue weighted by molar-refractivity contribution is 9.10. The van der Waals surface area contributed by atoms with Crippen LogP contribution in [0.4, 0.5) is 0 Å². The predicted molar refractivity (Wildman–Crippen MR) is 84.6 cm³/mol. The van der Waals surface area contributed by atoms with E-state index < -0.39 is 0 Å². The van der Waals surface area contributed by atoms with Crippen molar-refractivity contribution in [2.24, 2.45) is 11.7 Å². The van der Waals surface area contributed by atoms with E-state index in [0.717, 1.165) is 29.4 Å². The quantitative estimate of drug-likeness (QED) is 0.898. The van der Waals surface area contributed by atoms with E-state index in [2.05, 4.69) is 31.0 Å². The van der Waals surface area contributed by atoms with E-state index in [4.69, 9.17) is 10.2 Å². The minimum atomic E-state index is -0.232. The summed E-state index contributed by atoms with van der Waals surface area (Å²) in [6.45, 7) is 2.11. The molecule has 2 N–H and O–H groups in total. The zero-order chi connectivity index (χ0) is 15.5. The predicted octanol–water partition coefficient (Wildman–Crippen LogP) is 2.20. The summed E-state index contributed by atoms with van der Waals surface area (Å²) < 4.78 is 6.65. The Morgan fingerprint density at radius 3 is 3.00 bits per heavy atom. The SMILES string of the molecule is NC(=O)[C@H]1CCCN(Cc2nnc(-c3ccccc3Br)o2)C1. The van der Waals surface area contributed by atoms with Crippen molar-refractivity contribution in [1.29, 1.82) is 0 Å². The van der Waals surface area contributed by atoms with Crippen molar-refractivity contribution in [1.82, 2.24) is 15.1 Å². The highest BCUT2D eigenvalue weighted by atomic mass is 79.9. The Kier molecular flexibility index (Phi) is 4.54. The highest BCUT2D eigenvalue weighted by Gasteiger charge is 2.25. The van der Waals surface area contributed by atoms with Crippen molar-refractivity contribution < 1.29 is 9.21 Å². The first-order valence-corrected chi connectivity index (χ1v) is 8.02. The molecule has 1 saturated heterocycles. The first-order valence-electron chi connectivity index (χ1n) is 7.22. The summed E-state index contributed by atoms with van der Waals surface area (Å²) in [4.78, 5) is 13.5. The molecule has 7 heteroatoms. The van der Waals surface area contributed by atoms with Crippen molar-refractivity contribution in [2.75, 3.05) is 13.1 Å². The maximum absolute atomic E-state index is 11.3. The second kappa shape index (κ2) is 6.58. The number of halogens is 1. The van der Waals surface area contributed by atoms with E-state index >= 15 is 0 Å². The Bertz CT molecular complexity index is 673. The number of carbonyl (C=O) groups is 1. The fourth-order valence-corrected chi connectivity index (χ4v) is 3.14. The summed E-state index contributed by atoms with van der Waals surface area (Å²) in [6, 6.07) is 7.71. The molecule has 0 bridgehead atoms. The molecular formula is C15H17BrN4O2. The third-order valence-electron chi connectivity index (χ3n) is 3.84. The number of piperidine rings is 1.